The zero-order chi connectivity index (χ0) is 24.4. The summed E-state index contributed by atoms with van der Waals surface area (Å²) in [6, 6.07) is 20.9. The van der Waals surface area contributed by atoms with Crippen molar-refractivity contribution < 1.29 is 9.53 Å². The van der Waals surface area contributed by atoms with Gasteiger partial charge in [-0.3, -0.25) is 0 Å². The van der Waals surface area contributed by atoms with Crippen molar-refractivity contribution in [1.29, 1.82) is 0 Å². The van der Waals surface area contributed by atoms with Crippen molar-refractivity contribution in [3.8, 4) is 11.1 Å². The van der Waals surface area contributed by atoms with Crippen LogP contribution in [0.3, 0.4) is 0 Å². The lowest BCUT2D eigenvalue weighted by Crippen LogP contribution is -2.49. The van der Waals surface area contributed by atoms with E-state index in [4.69, 9.17) is 10.3 Å². The van der Waals surface area contributed by atoms with Gasteiger partial charge in [-0.1, -0.05) is 53.6 Å². The largest absolute Gasteiger partial charge is 0.448 e. The van der Waals surface area contributed by atoms with Gasteiger partial charge >= 0.3 is 6.09 Å². The van der Waals surface area contributed by atoms with Crippen molar-refractivity contribution in [2.45, 2.75) is 19.4 Å². The van der Waals surface area contributed by atoms with E-state index in [1.54, 1.807) is 4.90 Å². The molecule has 0 aromatic heterocycles. The van der Waals surface area contributed by atoms with Crippen molar-refractivity contribution in [2.24, 2.45) is 5.11 Å². The van der Waals surface area contributed by atoms with E-state index in [0.717, 1.165) is 27.9 Å². The predicted molar refractivity (Wildman–Crippen MR) is 146 cm³/mol. The minimum Gasteiger partial charge on any atom is -0.448 e. The van der Waals surface area contributed by atoms with Crippen LogP contribution >= 0.6 is 22.6 Å². The van der Waals surface area contributed by atoms with Crippen molar-refractivity contribution >= 4 is 34.4 Å². The number of hydrogen-bond donors (Lipinski definition) is 0. The van der Waals surface area contributed by atoms with Crippen molar-refractivity contribution in [1.82, 2.24) is 4.90 Å². The normalized spacial score (nSPS) is 14.8. The second-order valence-electron chi connectivity index (χ2n) is 8.89. The van der Waals surface area contributed by atoms with Gasteiger partial charge in [0.15, 0.2) is 0 Å². The molecule has 0 bridgehead atoms. The van der Waals surface area contributed by atoms with Gasteiger partial charge in [0, 0.05) is 46.3 Å². The van der Waals surface area contributed by atoms with Crippen LogP contribution in [0.25, 0.3) is 21.6 Å². The van der Waals surface area contributed by atoms with Crippen molar-refractivity contribution in [2.75, 3.05) is 37.7 Å². The summed E-state index contributed by atoms with van der Waals surface area (Å²) in [5.74, 6) is 0.0659. The maximum absolute atomic E-state index is 13.0. The van der Waals surface area contributed by atoms with Gasteiger partial charge in [-0.2, -0.15) is 0 Å². The Balaban J connectivity index is 1.23. The third-order valence-corrected chi connectivity index (χ3v) is 8.03. The lowest BCUT2D eigenvalue weighted by Gasteiger charge is -2.36. The van der Waals surface area contributed by atoms with Crippen LogP contribution in [0.4, 0.5) is 10.5 Å². The van der Waals surface area contributed by atoms with E-state index in [-0.39, 0.29) is 12.0 Å². The number of rotatable bonds is 5. The zero-order valence-electron chi connectivity index (χ0n) is 19.5. The zero-order valence-corrected chi connectivity index (χ0v) is 21.7. The number of hydrogen-bond acceptors (Lipinski definition) is 4. The highest BCUT2D eigenvalue weighted by Crippen LogP contribution is 2.44. The Bertz CT molecular complexity index is 1270. The fourth-order valence-corrected chi connectivity index (χ4v) is 5.74. The molecule has 1 aliphatic carbocycles. The van der Waals surface area contributed by atoms with Crippen LogP contribution in [-0.4, -0.2) is 43.8 Å². The molecule has 2 aliphatic rings. The molecule has 3 aromatic rings. The quantitative estimate of drug-likeness (QED) is 0.150. The number of anilines is 1. The Hall–Kier alpha value is -3.23. The fourth-order valence-electron chi connectivity index (χ4n) is 5.07. The number of piperazine rings is 1. The first-order valence-corrected chi connectivity index (χ1v) is 12.8. The van der Waals surface area contributed by atoms with Crippen LogP contribution in [0, 0.1) is 10.5 Å². The Morgan fingerprint density at radius 1 is 1.06 bits per heavy atom. The molecule has 5 rings (SSSR count). The molecule has 1 heterocycles. The molecule has 0 radical (unpaired) electrons. The molecule has 0 unspecified atom stereocenters. The Morgan fingerprint density at radius 3 is 2.31 bits per heavy atom. The maximum atomic E-state index is 13.0. The van der Waals surface area contributed by atoms with Gasteiger partial charge in [0.25, 0.3) is 0 Å². The van der Waals surface area contributed by atoms with Gasteiger partial charge in [0.1, 0.15) is 6.61 Å². The molecule has 7 nitrogen and oxygen atoms in total. The molecule has 0 N–H and O–H groups in total. The third-order valence-electron chi connectivity index (χ3n) is 6.91. The molecule has 8 heteroatoms. The number of benzene rings is 3. The number of nitrogens with zero attached hydrogens (tertiary/aromatic N) is 5. The SMILES string of the molecule is Cc1c(I)cc(CN=[N+]=[N-])cc1N1CCN(C(=O)OCC2c3ccccc3-c3ccccc32)CC1. The van der Waals surface area contributed by atoms with Crippen molar-refractivity contribution in [3.63, 3.8) is 0 Å². The number of fused-ring (bicyclic) bond motifs is 3. The Morgan fingerprint density at radius 2 is 1.69 bits per heavy atom. The summed E-state index contributed by atoms with van der Waals surface area (Å²) in [4.78, 5) is 19.9. The monoisotopic (exact) mass is 579 g/mol. The van der Waals surface area contributed by atoms with Gasteiger partial charge in [-0.05, 0) is 80.6 Å². The molecule has 0 atom stereocenters. The maximum Gasteiger partial charge on any atom is 0.409 e. The van der Waals surface area contributed by atoms with Gasteiger partial charge < -0.3 is 14.5 Å². The summed E-state index contributed by atoms with van der Waals surface area (Å²) in [5, 5.41) is 3.70. The van der Waals surface area contributed by atoms with Crippen LogP contribution in [0.2, 0.25) is 0 Å². The Kier molecular flexibility index (Phi) is 6.83. The van der Waals surface area contributed by atoms with E-state index in [0.29, 0.717) is 26.2 Å². The van der Waals surface area contributed by atoms with Gasteiger partial charge in [-0.25, -0.2) is 4.79 Å². The highest BCUT2D eigenvalue weighted by atomic mass is 127. The van der Waals surface area contributed by atoms with E-state index in [2.05, 4.69) is 93.0 Å². The molecule has 35 heavy (non-hydrogen) atoms. The average Bonchev–Trinajstić information content (AvgIpc) is 3.21. The molecule has 1 saturated heterocycles. The smallest absolute Gasteiger partial charge is 0.409 e. The first-order chi connectivity index (χ1) is 17.1. The van der Waals surface area contributed by atoms with Crippen molar-refractivity contribution in [3.05, 3.63) is 96.9 Å². The predicted octanol–water partition coefficient (Wildman–Crippen LogP) is 6.48. The second kappa shape index (κ2) is 10.2. The molecule has 1 aliphatic heterocycles. The summed E-state index contributed by atoms with van der Waals surface area (Å²) in [5.41, 5.74) is 16.9. The summed E-state index contributed by atoms with van der Waals surface area (Å²) < 4.78 is 6.99. The van der Waals surface area contributed by atoms with Crippen LogP contribution in [0.1, 0.15) is 28.2 Å². The number of ether oxygens (including phenoxy) is 1. The molecule has 3 aromatic carbocycles. The van der Waals surface area contributed by atoms with Gasteiger partial charge in [0.05, 0.1) is 6.54 Å². The molecular weight excluding hydrogens is 553 g/mol. The highest BCUT2D eigenvalue weighted by molar-refractivity contribution is 14.1. The number of carbonyl (C=O) groups excluding carboxylic acids is 1. The van der Waals surface area contributed by atoms with Gasteiger partial charge in [0.2, 0.25) is 0 Å². The summed E-state index contributed by atoms with van der Waals surface area (Å²) in [6.45, 7) is 5.44. The number of azide groups is 1. The molecule has 1 fully saturated rings. The van der Waals surface area contributed by atoms with Crippen LogP contribution < -0.4 is 4.90 Å². The molecule has 1 amide bonds. The van der Waals surface area contributed by atoms with Gasteiger partial charge in [-0.15, -0.1) is 0 Å². The summed E-state index contributed by atoms with van der Waals surface area (Å²) >= 11 is 2.32. The molecular formula is C27H26IN5O2. The minimum atomic E-state index is -0.255. The van der Waals surface area contributed by atoms with E-state index in [1.807, 2.05) is 12.1 Å². The lowest BCUT2D eigenvalue weighted by molar-refractivity contribution is 0.0977. The number of amides is 1. The van der Waals surface area contributed by atoms with E-state index in [9.17, 15) is 4.79 Å². The van der Waals surface area contributed by atoms with Crippen LogP contribution in [-0.2, 0) is 11.3 Å². The second-order valence-corrected chi connectivity index (χ2v) is 10.1. The Labute approximate surface area is 218 Å². The standard InChI is InChI=1S/C27H26IN5O2/c1-18-25(28)14-19(16-30-31-29)15-26(18)32-10-12-33(13-11-32)27(34)35-17-24-22-8-4-2-6-20(22)21-7-3-5-9-23(21)24/h2-9,14-15,24H,10-13,16-17H2,1H3. The van der Waals surface area contributed by atoms with Crippen LogP contribution in [0.5, 0.6) is 0 Å². The average molecular weight is 579 g/mol. The number of halogens is 1. The minimum absolute atomic E-state index is 0.0659. The number of carbonyl (C=O) groups is 1. The van der Waals surface area contributed by atoms with E-state index < -0.39 is 0 Å². The first kappa shape index (κ1) is 23.5. The molecule has 0 saturated carbocycles. The topological polar surface area (TPSA) is 81.5 Å². The highest BCUT2D eigenvalue weighted by Gasteiger charge is 2.30. The summed E-state index contributed by atoms with van der Waals surface area (Å²) in [7, 11) is 0. The fraction of sp³-hybridized carbons (Fsp3) is 0.296. The van der Waals surface area contributed by atoms with E-state index >= 15 is 0 Å². The lowest BCUT2D eigenvalue weighted by atomic mass is 9.98. The van der Waals surface area contributed by atoms with Crippen LogP contribution in [0.15, 0.2) is 65.8 Å². The third kappa shape index (κ3) is 4.68. The summed E-state index contributed by atoms with van der Waals surface area (Å²) in [6.07, 6.45) is -0.255. The molecule has 178 valence electrons. The first-order valence-electron chi connectivity index (χ1n) is 11.7. The molecule has 0 spiro atoms. The van der Waals surface area contributed by atoms with E-state index in [1.165, 1.54) is 27.8 Å².